The van der Waals surface area contributed by atoms with Crippen molar-refractivity contribution >= 4 is 45.9 Å². The van der Waals surface area contributed by atoms with Gasteiger partial charge in [-0.3, -0.25) is 20.5 Å². The second-order valence-electron chi connectivity index (χ2n) is 8.21. The fourth-order valence-electron chi connectivity index (χ4n) is 3.61. The molecular weight excluding hydrogens is 480 g/mol. The van der Waals surface area contributed by atoms with E-state index in [1.54, 1.807) is 0 Å². The van der Waals surface area contributed by atoms with Gasteiger partial charge in [0.2, 0.25) is 0 Å². The molecule has 190 valence electrons. The second kappa shape index (κ2) is 13.2. The molecule has 3 aromatic rings. The number of nitrogens with two attached hydrogens (primary N) is 3. The zero-order valence-corrected chi connectivity index (χ0v) is 20.7. The first-order chi connectivity index (χ1) is 17.3. The summed E-state index contributed by atoms with van der Waals surface area (Å²) in [6, 6.07) is 12.3. The van der Waals surface area contributed by atoms with Crippen molar-refractivity contribution in [3.8, 4) is 5.75 Å². The summed E-state index contributed by atoms with van der Waals surface area (Å²) < 4.78 is 6.00. The number of aromatic nitrogens is 2. The highest BCUT2D eigenvalue weighted by molar-refractivity contribution is 6.31. The van der Waals surface area contributed by atoms with E-state index in [0.717, 1.165) is 48.6 Å². The first-order valence-corrected chi connectivity index (χ1v) is 12.1. The smallest absolute Gasteiger partial charge is 0.278 e. The van der Waals surface area contributed by atoms with Crippen molar-refractivity contribution in [2.75, 3.05) is 18.9 Å². The molecule has 0 fully saturated rings. The highest BCUT2D eigenvalue weighted by Gasteiger charge is 2.11. The molecule has 0 atom stereocenters. The number of nitrogen functional groups attached to an aromatic ring is 1. The van der Waals surface area contributed by atoms with E-state index >= 15 is 0 Å². The van der Waals surface area contributed by atoms with Gasteiger partial charge >= 0.3 is 0 Å². The van der Waals surface area contributed by atoms with Crippen molar-refractivity contribution in [2.24, 2.45) is 16.5 Å². The summed E-state index contributed by atoms with van der Waals surface area (Å²) in [4.78, 5) is 24.0. The number of halogens is 1. The number of unbranched alkanes of at least 4 members (excludes halogenated alkanes) is 2. The lowest BCUT2D eigenvalue weighted by Crippen LogP contribution is -2.37. The number of benzene rings is 2. The number of aryl methyl sites for hydroxylation is 1. The zero-order chi connectivity index (χ0) is 25.9. The largest absolute Gasteiger partial charge is 0.493 e. The molecule has 2 aromatic carbocycles. The van der Waals surface area contributed by atoms with Gasteiger partial charge in [0.25, 0.3) is 5.91 Å². The summed E-state index contributed by atoms with van der Waals surface area (Å²) in [6.07, 6.45) is 6.08. The van der Waals surface area contributed by atoms with Crippen LogP contribution >= 0.6 is 11.6 Å². The third kappa shape index (κ3) is 7.81. The van der Waals surface area contributed by atoms with Gasteiger partial charge in [0, 0.05) is 18.4 Å². The molecule has 0 bridgehead atoms. The van der Waals surface area contributed by atoms with E-state index in [1.165, 1.54) is 11.8 Å². The minimum Gasteiger partial charge on any atom is -0.493 e. The molecule has 11 heteroatoms. The minimum atomic E-state index is -0.557. The zero-order valence-electron chi connectivity index (χ0n) is 20.0. The molecule has 1 amide bonds. The van der Waals surface area contributed by atoms with Gasteiger partial charge in [0.15, 0.2) is 16.9 Å². The second-order valence-corrected chi connectivity index (χ2v) is 8.57. The quantitative estimate of drug-likeness (QED) is 0.141. The van der Waals surface area contributed by atoms with E-state index < -0.39 is 5.91 Å². The van der Waals surface area contributed by atoms with Crippen molar-refractivity contribution in [1.29, 1.82) is 5.41 Å². The average Bonchev–Trinajstić information content (AvgIpc) is 2.85. The lowest BCUT2D eigenvalue weighted by molar-refractivity contribution is 0.0971. The Hall–Kier alpha value is -3.92. The number of guanidine groups is 1. The molecule has 10 nitrogen and oxygen atoms in total. The predicted molar refractivity (Wildman–Crippen MR) is 144 cm³/mol. The van der Waals surface area contributed by atoms with Gasteiger partial charge in [0.1, 0.15) is 11.4 Å². The molecule has 3 rings (SSSR count). The van der Waals surface area contributed by atoms with Crippen LogP contribution in [0.25, 0.3) is 10.8 Å². The van der Waals surface area contributed by atoms with Crippen LogP contribution in [-0.2, 0) is 6.42 Å². The summed E-state index contributed by atoms with van der Waals surface area (Å²) in [5.74, 6) is 0.563. The van der Waals surface area contributed by atoms with E-state index in [4.69, 9.17) is 38.9 Å². The maximum absolute atomic E-state index is 12.2. The van der Waals surface area contributed by atoms with E-state index in [9.17, 15) is 4.79 Å². The molecule has 0 spiro atoms. The average molecular weight is 511 g/mol. The van der Waals surface area contributed by atoms with Crippen LogP contribution in [0.4, 0.5) is 5.82 Å². The lowest BCUT2D eigenvalue weighted by atomic mass is 9.99. The van der Waals surface area contributed by atoms with Gasteiger partial charge in [0.05, 0.1) is 18.6 Å². The van der Waals surface area contributed by atoms with E-state index in [0.29, 0.717) is 19.6 Å². The first kappa shape index (κ1) is 26.7. The fraction of sp³-hybridized carbons (Fsp3) is 0.320. The Bertz CT molecular complexity index is 1250. The number of nitrogens with one attached hydrogen (secondary N) is 2. The number of hydrogen-bond acceptors (Lipinski definition) is 7. The number of fused-ring (bicyclic) bond motifs is 1. The Morgan fingerprint density at radius 2 is 1.86 bits per heavy atom. The fourth-order valence-corrected chi connectivity index (χ4v) is 3.75. The highest BCUT2D eigenvalue weighted by atomic mass is 35.5. The number of ether oxygens (including phenoxy) is 1. The Morgan fingerprint density at radius 1 is 1.08 bits per heavy atom. The number of amidine groups is 1. The molecule has 0 saturated carbocycles. The maximum Gasteiger partial charge on any atom is 0.278 e. The third-order valence-corrected chi connectivity index (χ3v) is 5.72. The van der Waals surface area contributed by atoms with Gasteiger partial charge < -0.3 is 21.9 Å². The molecule has 0 unspecified atom stereocenters. The monoisotopic (exact) mass is 510 g/mol. The first-order valence-electron chi connectivity index (χ1n) is 11.7. The summed E-state index contributed by atoms with van der Waals surface area (Å²) in [7, 11) is 0. The van der Waals surface area contributed by atoms with Gasteiger partial charge in [-0.25, -0.2) is 9.97 Å². The number of hydrogen-bond donors (Lipinski definition) is 5. The van der Waals surface area contributed by atoms with Gasteiger partial charge in [-0.15, -0.1) is 0 Å². The van der Waals surface area contributed by atoms with Crippen LogP contribution in [0.15, 0.2) is 47.6 Å². The van der Waals surface area contributed by atoms with Crippen LogP contribution in [0.3, 0.4) is 0 Å². The van der Waals surface area contributed by atoms with Gasteiger partial charge in [-0.05, 0) is 49.1 Å². The van der Waals surface area contributed by atoms with Crippen LogP contribution < -0.4 is 27.3 Å². The SMILES string of the molecule is N=C(N)CCCCOc1ccc(CCCCN=C(N)NC(=O)c2cnc(N)c(Cl)n2)c2ccccc12. The highest BCUT2D eigenvalue weighted by Crippen LogP contribution is 2.29. The molecule has 0 radical (unpaired) electrons. The third-order valence-electron chi connectivity index (χ3n) is 5.44. The number of anilines is 1. The Balaban J connectivity index is 1.48. The normalized spacial score (nSPS) is 11.4. The van der Waals surface area contributed by atoms with Crippen molar-refractivity contribution in [1.82, 2.24) is 15.3 Å². The summed E-state index contributed by atoms with van der Waals surface area (Å²) in [5.41, 5.74) is 18.0. The van der Waals surface area contributed by atoms with E-state index in [2.05, 4.69) is 38.5 Å². The lowest BCUT2D eigenvalue weighted by Gasteiger charge is -2.13. The van der Waals surface area contributed by atoms with E-state index in [-0.39, 0.29) is 28.5 Å². The molecule has 8 N–H and O–H groups in total. The van der Waals surface area contributed by atoms with E-state index in [1.807, 2.05) is 18.2 Å². The van der Waals surface area contributed by atoms with Crippen LogP contribution in [0.1, 0.15) is 48.2 Å². The Labute approximate surface area is 214 Å². The standard InChI is InChI=1S/C25H31ClN8O2/c26-22-23(29)32-15-19(33-22)24(35)34-25(30)31-13-5-3-7-16-11-12-20(18-9-2-1-8-17(16)18)36-14-6-4-10-21(27)28/h1-2,8-9,11-12,15H,3-7,10,13-14H2,(H3,27,28)(H2,29,32)(H3,30,31,34,35). The molecule has 0 saturated heterocycles. The molecule has 36 heavy (non-hydrogen) atoms. The Morgan fingerprint density at radius 3 is 2.61 bits per heavy atom. The van der Waals surface area contributed by atoms with Crippen LogP contribution in [-0.4, -0.2) is 40.8 Å². The molecule has 0 aliphatic rings. The molecule has 0 aliphatic heterocycles. The number of aliphatic imine (C=N–C) groups is 1. The van der Waals surface area contributed by atoms with Gasteiger partial charge in [-0.2, -0.15) is 0 Å². The van der Waals surface area contributed by atoms with Crippen LogP contribution in [0, 0.1) is 5.41 Å². The predicted octanol–water partition coefficient (Wildman–Crippen LogP) is 3.42. The number of rotatable bonds is 12. The molecular formula is C25H31ClN8O2. The van der Waals surface area contributed by atoms with Crippen molar-refractivity contribution < 1.29 is 9.53 Å². The summed E-state index contributed by atoms with van der Waals surface area (Å²) in [6.45, 7) is 1.06. The number of amides is 1. The number of nitrogens with zero attached hydrogens (tertiary/aromatic N) is 3. The molecule has 0 aliphatic carbocycles. The van der Waals surface area contributed by atoms with Crippen molar-refractivity contribution in [2.45, 2.75) is 38.5 Å². The van der Waals surface area contributed by atoms with Gasteiger partial charge in [-0.1, -0.05) is 41.9 Å². The minimum absolute atomic E-state index is 0.00251. The van der Waals surface area contributed by atoms with Crippen LogP contribution in [0.2, 0.25) is 5.15 Å². The summed E-state index contributed by atoms with van der Waals surface area (Å²) in [5, 5.41) is 12.0. The van der Waals surface area contributed by atoms with Crippen molar-refractivity contribution in [3.63, 3.8) is 0 Å². The Kier molecular flexibility index (Phi) is 9.82. The number of carbonyl (C=O) groups is 1. The van der Waals surface area contributed by atoms with Crippen molar-refractivity contribution in [3.05, 3.63) is 59.0 Å². The summed E-state index contributed by atoms with van der Waals surface area (Å²) >= 11 is 5.79. The maximum atomic E-state index is 12.2. The molecule has 1 aromatic heterocycles. The molecule has 1 heterocycles. The number of carbonyl (C=O) groups excluding carboxylic acids is 1. The topological polar surface area (TPSA) is 178 Å². The van der Waals surface area contributed by atoms with Crippen LogP contribution in [0.5, 0.6) is 5.75 Å².